The summed E-state index contributed by atoms with van der Waals surface area (Å²) in [5.74, 6) is 0. The highest BCUT2D eigenvalue weighted by molar-refractivity contribution is 5.67. The summed E-state index contributed by atoms with van der Waals surface area (Å²) in [7, 11) is 0. The van der Waals surface area contributed by atoms with Gasteiger partial charge in [0.05, 0.1) is 0 Å². The molecule has 0 aromatic heterocycles. The summed E-state index contributed by atoms with van der Waals surface area (Å²) < 4.78 is 5.13. The third-order valence-corrected chi connectivity index (χ3v) is 2.41. The van der Waals surface area contributed by atoms with Crippen molar-refractivity contribution < 1.29 is 9.53 Å². The van der Waals surface area contributed by atoms with E-state index in [1.54, 1.807) is 0 Å². The summed E-state index contributed by atoms with van der Waals surface area (Å²) >= 11 is 0. The SMILES string of the molecule is CC(C)(C)OC(=O)NCCN1CC[C@H](N)C1. The van der Waals surface area contributed by atoms with Gasteiger partial charge in [-0.3, -0.25) is 4.90 Å². The Morgan fingerprint density at radius 1 is 1.56 bits per heavy atom. The molecule has 1 saturated heterocycles. The molecule has 5 heteroatoms. The molecule has 1 rings (SSSR count). The fourth-order valence-corrected chi connectivity index (χ4v) is 1.70. The van der Waals surface area contributed by atoms with Crippen molar-refractivity contribution in [2.75, 3.05) is 26.2 Å². The molecule has 0 aromatic carbocycles. The average Bonchev–Trinajstić information content (AvgIpc) is 2.48. The zero-order chi connectivity index (χ0) is 12.2. The second kappa shape index (κ2) is 5.50. The van der Waals surface area contributed by atoms with E-state index in [2.05, 4.69) is 10.2 Å². The van der Waals surface area contributed by atoms with E-state index < -0.39 is 5.60 Å². The maximum Gasteiger partial charge on any atom is 0.407 e. The second-order valence-corrected chi connectivity index (χ2v) is 5.28. The molecule has 0 aliphatic carbocycles. The number of alkyl carbamates (subject to hydrolysis) is 1. The van der Waals surface area contributed by atoms with Crippen molar-refractivity contribution in [1.29, 1.82) is 0 Å². The van der Waals surface area contributed by atoms with Crippen molar-refractivity contribution in [1.82, 2.24) is 10.2 Å². The highest BCUT2D eigenvalue weighted by Gasteiger charge is 2.19. The lowest BCUT2D eigenvalue weighted by Crippen LogP contribution is -2.38. The molecular weight excluding hydrogens is 206 g/mol. The fourth-order valence-electron chi connectivity index (χ4n) is 1.70. The van der Waals surface area contributed by atoms with Crippen LogP contribution in [-0.4, -0.2) is 48.8 Å². The molecular formula is C11H23N3O2. The lowest BCUT2D eigenvalue weighted by atomic mass is 10.2. The number of nitrogens with zero attached hydrogens (tertiary/aromatic N) is 1. The van der Waals surface area contributed by atoms with Crippen molar-refractivity contribution in [3.05, 3.63) is 0 Å². The molecule has 1 aliphatic heterocycles. The molecule has 1 fully saturated rings. The van der Waals surface area contributed by atoms with E-state index in [4.69, 9.17) is 10.5 Å². The van der Waals surface area contributed by atoms with Gasteiger partial charge < -0.3 is 15.8 Å². The van der Waals surface area contributed by atoms with Gasteiger partial charge in [0.1, 0.15) is 5.60 Å². The van der Waals surface area contributed by atoms with Gasteiger partial charge in [0.15, 0.2) is 0 Å². The van der Waals surface area contributed by atoms with Gasteiger partial charge in [-0.25, -0.2) is 4.79 Å². The lowest BCUT2D eigenvalue weighted by Gasteiger charge is -2.20. The van der Waals surface area contributed by atoms with Crippen LogP contribution in [0.25, 0.3) is 0 Å². The van der Waals surface area contributed by atoms with Crippen LogP contribution in [0.5, 0.6) is 0 Å². The Kier molecular flexibility index (Phi) is 4.56. The number of nitrogens with two attached hydrogens (primary N) is 1. The van der Waals surface area contributed by atoms with E-state index in [9.17, 15) is 4.79 Å². The molecule has 16 heavy (non-hydrogen) atoms. The molecule has 0 unspecified atom stereocenters. The molecule has 94 valence electrons. The van der Waals surface area contributed by atoms with Gasteiger partial charge in [0, 0.05) is 25.7 Å². The number of ether oxygens (including phenoxy) is 1. The number of hydrogen-bond donors (Lipinski definition) is 2. The predicted molar refractivity (Wildman–Crippen MR) is 63.3 cm³/mol. The fraction of sp³-hybridized carbons (Fsp3) is 0.909. The molecule has 3 N–H and O–H groups in total. The number of amides is 1. The summed E-state index contributed by atoms with van der Waals surface area (Å²) in [5.41, 5.74) is 5.36. The van der Waals surface area contributed by atoms with E-state index >= 15 is 0 Å². The van der Waals surface area contributed by atoms with Gasteiger partial charge in [-0.05, 0) is 33.7 Å². The minimum absolute atomic E-state index is 0.293. The molecule has 0 radical (unpaired) electrons. The number of likely N-dealkylation sites (tertiary alicyclic amines) is 1. The summed E-state index contributed by atoms with van der Waals surface area (Å²) in [6.45, 7) is 8.96. The summed E-state index contributed by atoms with van der Waals surface area (Å²) in [5, 5.41) is 2.74. The van der Waals surface area contributed by atoms with Crippen LogP contribution in [-0.2, 0) is 4.74 Å². The van der Waals surface area contributed by atoms with E-state index in [1.807, 2.05) is 20.8 Å². The van der Waals surface area contributed by atoms with Crippen molar-refractivity contribution in [3.63, 3.8) is 0 Å². The van der Waals surface area contributed by atoms with Gasteiger partial charge in [-0.2, -0.15) is 0 Å². The summed E-state index contributed by atoms with van der Waals surface area (Å²) in [4.78, 5) is 13.6. The standard InChI is InChI=1S/C11H23N3O2/c1-11(2,3)16-10(15)13-5-7-14-6-4-9(12)8-14/h9H,4-8,12H2,1-3H3,(H,13,15)/t9-/m0/s1. The molecule has 0 saturated carbocycles. The van der Waals surface area contributed by atoms with Crippen LogP contribution >= 0.6 is 0 Å². The van der Waals surface area contributed by atoms with Gasteiger partial charge in [-0.1, -0.05) is 0 Å². The van der Waals surface area contributed by atoms with Gasteiger partial charge in [0.2, 0.25) is 0 Å². The predicted octanol–water partition coefficient (Wildman–Crippen LogP) is 0.544. The first-order valence-electron chi connectivity index (χ1n) is 5.81. The van der Waals surface area contributed by atoms with Crippen molar-refractivity contribution >= 4 is 6.09 Å². The van der Waals surface area contributed by atoms with Crippen LogP contribution in [0.3, 0.4) is 0 Å². The molecule has 0 bridgehead atoms. The molecule has 1 atom stereocenters. The minimum Gasteiger partial charge on any atom is -0.444 e. The normalized spacial score (nSPS) is 22.1. The first-order valence-corrected chi connectivity index (χ1v) is 5.81. The number of hydrogen-bond acceptors (Lipinski definition) is 4. The monoisotopic (exact) mass is 229 g/mol. The first kappa shape index (κ1) is 13.3. The summed E-state index contributed by atoms with van der Waals surface area (Å²) in [6, 6.07) is 0.293. The van der Waals surface area contributed by atoms with Crippen LogP contribution in [0, 0.1) is 0 Å². The summed E-state index contributed by atoms with van der Waals surface area (Å²) in [6.07, 6.45) is 0.697. The largest absolute Gasteiger partial charge is 0.444 e. The van der Waals surface area contributed by atoms with E-state index in [-0.39, 0.29) is 6.09 Å². The van der Waals surface area contributed by atoms with Gasteiger partial charge in [0.25, 0.3) is 0 Å². The number of carbonyl (C=O) groups is 1. The Morgan fingerprint density at radius 2 is 2.25 bits per heavy atom. The number of rotatable bonds is 3. The number of nitrogens with one attached hydrogen (secondary N) is 1. The Bertz CT molecular complexity index is 238. The second-order valence-electron chi connectivity index (χ2n) is 5.28. The van der Waals surface area contributed by atoms with Crippen LogP contribution in [0.4, 0.5) is 4.79 Å². The minimum atomic E-state index is -0.430. The Morgan fingerprint density at radius 3 is 2.75 bits per heavy atom. The average molecular weight is 229 g/mol. The molecule has 0 spiro atoms. The molecule has 1 heterocycles. The Labute approximate surface area is 97.3 Å². The third kappa shape index (κ3) is 5.32. The zero-order valence-electron chi connectivity index (χ0n) is 10.5. The van der Waals surface area contributed by atoms with E-state index in [0.29, 0.717) is 12.6 Å². The first-order chi connectivity index (χ1) is 7.37. The van der Waals surface area contributed by atoms with Crippen molar-refractivity contribution in [2.24, 2.45) is 5.73 Å². The molecule has 1 aliphatic rings. The highest BCUT2D eigenvalue weighted by Crippen LogP contribution is 2.07. The van der Waals surface area contributed by atoms with E-state index in [0.717, 1.165) is 26.1 Å². The number of carbonyl (C=O) groups excluding carboxylic acids is 1. The van der Waals surface area contributed by atoms with Crippen molar-refractivity contribution in [2.45, 2.75) is 38.8 Å². The van der Waals surface area contributed by atoms with E-state index in [1.165, 1.54) is 0 Å². The zero-order valence-corrected chi connectivity index (χ0v) is 10.5. The Hall–Kier alpha value is -0.810. The maximum absolute atomic E-state index is 11.3. The van der Waals surface area contributed by atoms with Crippen LogP contribution in [0.15, 0.2) is 0 Å². The Balaban J connectivity index is 2.09. The van der Waals surface area contributed by atoms with Crippen molar-refractivity contribution in [3.8, 4) is 0 Å². The highest BCUT2D eigenvalue weighted by atomic mass is 16.6. The van der Waals surface area contributed by atoms with Crippen LogP contribution < -0.4 is 11.1 Å². The topological polar surface area (TPSA) is 67.6 Å². The van der Waals surface area contributed by atoms with Crippen LogP contribution in [0.2, 0.25) is 0 Å². The quantitative estimate of drug-likeness (QED) is 0.741. The smallest absolute Gasteiger partial charge is 0.407 e. The lowest BCUT2D eigenvalue weighted by molar-refractivity contribution is 0.0523. The van der Waals surface area contributed by atoms with Gasteiger partial charge >= 0.3 is 6.09 Å². The maximum atomic E-state index is 11.3. The molecule has 0 aromatic rings. The third-order valence-electron chi connectivity index (χ3n) is 2.41. The molecule has 5 nitrogen and oxygen atoms in total. The molecule has 1 amide bonds. The van der Waals surface area contributed by atoms with Gasteiger partial charge in [-0.15, -0.1) is 0 Å². The van der Waals surface area contributed by atoms with Crippen LogP contribution in [0.1, 0.15) is 27.2 Å².